The minimum Gasteiger partial charge on any atom is -0.393 e. The maximum absolute atomic E-state index is 12.1. The van der Waals surface area contributed by atoms with Crippen molar-refractivity contribution in [2.24, 2.45) is 0 Å². The predicted octanol–water partition coefficient (Wildman–Crippen LogP) is 0.611. The molecule has 0 radical (unpaired) electrons. The van der Waals surface area contributed by atoms with Crippen molar-refractivity contribution < 1.29 is 9.72 Å². The minimum atomic E-state index is -0.620. The monoisotopic (exact) mass is 264 g/mol. The van der Waals surface area contributed by atoms with Gasteiger partial charge in [0.15, 0.2) is 0 Å². The summed E-state index contributed by atoms with van der Waals surface area (Å²) in [7, 11) is 1.97. The summed E-state index contributed by atoms with van der Waals surface area (Å²) in [6, 6.07) is 4.40. The standard InChI is InChI=1S/C12H16N4O3/c1-15-6-5-8(7-15)14-12(17)9-3-2-4-10(13)11(9)16(18)19/h2-4,8H,5-7,13H2,1H3,(H,14,17). The molecule has 7 nitrogen and oxygen atoms in total. The lowest BCUT2D eigenvalue weighted by Gasteiger charge is -2.13. The van der Waals surface area contributed by atoms with E-state index in [0.29, 0.717) is 0 Å². The van der Waals surface area contributed by atoms with Crippen molar-refractivity contribution in [2.45, 2.75) is 12.5 Å². The van der Waals surface area contributed by atoms with Crippen molar-refractivity contribution in [3.8, 4) is 0 Å². The molecule has 2 rings (SSSR count). The zero-order valence-corrected chi connectivity index (χ0v) is 10.6. The highest BCUT2D eigenvalue weighted by atomic mass is 16.6. The molecule has 1 amide bonds. The molecule has 0 saturated carbocycles. The van der Waals surface area contributed by atoms with E-state index in [-0.39, 0.29) is 23.0 Å². The van der Waals surface area contributed by atoms with E-state index < -0.39 is 10.8 Å². The minimum absolute atomic E-state index is 0.00110. The Morgan fingerprint density at radius 3 is 2.89 bits per heavy atom. The average molecular weight is 264 g/mol. The fourth-order valence-electron chi connectivity index (χ4n) is 2.26. The Hall–Kier alpha value is -2.15. The zero-order valence-electron chi connectivity index (χ0n) is 10.6. The van der Waals surface area contributed by atoms with Gasteiger partial charge in [0.25, 0.3) is 5.91 Å². The topological polar surface area (TPSA) is 102 Å². The molecule has 1 fully saturated rings. The fourth-order valence-corrected chi connectivity index (χ4v) is 2.26. The number of amides is 1. The molecule has 0 bridgehead atoms. The highest BCUT2D eigenvalue weighted by Gasteiger charge is 2.27. The van der Waals surface area contributed by atoms with Crippen LogP contribution in [0.25, 0.3) is 0 Å². The molecular weight excluding hydrogens is 248 g/mol. The van der Waals surface area contributed by atoms with Gasteiger partial charge in [-0.3, -0.25) is 14.9 Å². The summed E-state index contributed by atoms with van der Waals surface area (Å²) < 4.78 is 0. The Bertz CT molecular complexity index is 518. The number of carbonyl (C=O) groups excluding carboxylic acids is 1. The molecule has 102 valence electrons. The number of benzene rings is 1. The Balaban J connectivity index is 2.19. The van der Waals surface area contributed by atoms with Gasteiger partial charge in [-0.2, -0.15) is 0 Å². The van der Waals surface area contributed by atoms with E-state index in [0.717, 1.165) is 19.5 Å². The van der Waals surface area contributed by atoms with Crippen LogP contribution in [0.3, 0.4) is 0 Å². The normalized spacial score (nSPS) is 19.3. The van der Waals surface area contributed by atoms with Gasteiger partial charge in [0.2, 0.25) is 0 Å². The van der Waals surface area contributed by atoms with E-state index >= 15 is 0 Å². The highest BCUT2D eigenvalue weighted by molar-refractivity contribution is 6.00. The molecule has 7 heteroatoms. The molecule has 3 N–H and O–H groups in total. The van der Waals surface area contributed by atoms with Crippen LogP contribution in [-0.4, -0.2) is 41.9 Å². The van der Waals surface area contributed by atoms with Crippen LogP contribution in [0.5, 0.6) is 0 Å². The highest BCUT2D eigenvalue weighted by Crippen LogP contribution is 2.26. The first-order valence-electron chi connectivity index (χ1n) is 6.01. The van der Waals surface area contributed by atoms with E-state index in [4.69, 9.17) is 5.73 Å². The lowest BCUT2D eigenvalue weighted by atomic mass is 10.1. The largest absolute Gasteiger partial charge is 0.393 e. The van der Waals surface area contributed by atoms with E-state index in [9.17, 15) is 14.9 Å². The van der Waals surface area contributed by atoms with Gasteiger partial charge in [-0.1, -0.05) is 6.07 Å². The van der Waals surface area contributed by atoms with Gasteiger partial charge in [0.05, 0.1) is 4.92 Å². The first kappa shape index (κ1) is 13.3. The number of nitrogens with zero attached hydrogens (tertiary/aromatic N) is 2. The Morgan fingerprint density at radius 2 is 2.32 bits per heavy atom. The van der Waals surface area contributed by atoms with Gasteiger partial charge in [-0.15, -0.1) is 0 Å². The van der Waals surface area contributed by atoms with Gasteiger partial charge >= 0.3 is 5.69 Å². The number of nitrogens with two attached hydrogens (primary N) is 1. The van der Waals surface area contributed by atoms with Crippen molar-refractivity contribution in [3.63, 3.8) is 0 Å². The maximum atomic E-state index is 12.1. The van der Waals surface area contributed by atoms with Gasteiger partial charge in [0, 0.05) is 12.6 Å². The number of carbonyl (C=O) groups is 1. The van der Waals surface area contributed by atoms with Crippen molar-refractivity contribution in [1.29, 1.82) is 0 Å². The van der Waals surface area contributed by atoms with Crippen LogP contribution in [0.15, 0.2) is 18.2 Å². The summed E-state index contributed by atoms with van der Waals surface area (Å²) in [5.41, 5.74) is 5.25. The van der Waals surface area contributed by atoms with Crippen molar-refractivity contribution in [1.82, 2.24) is 10.2 Å². The fraction of sp³-hybridized carbons (Fsp3) is 0.417. The number of para-hydroxylation sites is 1. The molecule has 0 aliphatic carbocycles. The van der Waals surface area contributed by atoms with Gasteiger partial charge in [-0.05, 0) is 32.1 Å². The van der Waals surface area contributed by atoms with Gasteiger partial charge in [-0.25, -0.2) is 0 Å². The van der Waals surface area contributed by atoms with Crippen LogP contribution in [0.4, 0.5) is 11.4 Å². The van der Waals surface area contributed by atoms with E-state index in [1.165, 1.54) is 18.2 Å². The number of nitro groups is 1. The second-order valence-electron chi connectivity index (χ2n) is 4.72. The van der Waals surface area contributed by atoms with Crippen LogP contribution in [0.1, 0.15) is 16.8 Å². The first-order valence-corrected chi connectivity index (χ1v) is 6.01. The smallest absolute Gasteiger partial charge is 0.304 e. The molecule has 1 saturated heterocycles. The van der Waals surface area contributed by atoms with E-state index in [1.54, 1.807) is 0 Å². The third-order valence-corrected chi connectivity index (χ3v) is 3.22. The van der Waals surface area contributed by atoms with Crippen molar-refractivity contribution in [2.75, 3.05) is 25.9 Å². The molecule has 1 aromatic rings. The number of likely N-dealkylation sites (N-methyl/N-ethyl adjacent to an activating group) is 1. The average Bonchev–Trinajstić information content (AvgIpc) is 2.73. The lowest BCUT2D eigenvalue weighted by molar-refractivity contribution is -0.384. The number of rotatable bonds is 3. The lowest BCUT2D eigenvalue weighted by Crippen LogP contribution is -2.36. The third-order valence-electron chi connectivity index (χ3n) is 3.22. The third kappa shape index (κ3) is 2.82. The molecular formula is C12H16N4O3. The second-order valence-corrected chi connectivity index (χ2v) is 4.72. The first-order chi connectivity index (χ1) is 8.99. The molecule has 1 aliphatic rings. The van der Waals surface area contributed by atoms with Crippen LogP contribution in [0.2, 0.25) is 0 Å². The molecule has 19 heavy (non-hydrogen) atoms. The molecule has 1 aromatic carbocycles. The number of anilines is 1. The van der Waals surface area contributed by atoms with Crippen molar-refractivity contribution in [3.05, 3.63) is 33.9 Å². The van der Waals surface area contributed by atoms with Crippen LogP contribution < -0.4 is 11.1 Å². The van der Waals surface area contributed by atoms with Gasteiger partial charge in [0.1, 0.15) is 11.3 Å². The molecule has 1 heterocycles. The Labute approximate surface area is 110 Å². The predicted molar refractivity (Wildman–Crippen MR) is 70.9 cm³/mol. The van der Waals surface area contributed by atoms with Gasteiger partial charge < -0.3 is 16.0 Å². The van der Waals surface area contributed by atoms with Crippen molar-refractivity contribution >= 4 is 17.3 Å². The molecule has 1 unspecified atom stereocenters. The van der Waals surface area contributed by atoms with Crippen LogP contribution in [-0.2, 0) is 0 Å². The number of likely N-dealkylation sites (tertiary alicyclic amines) is 1. The summed E-state index contributed by atoms with van der Waals surface area (Å²) in [6.07, 6.45) is 0.846. The second kappa shape index (κ2) is 5.23. The number of hydrogen-bond acceptors (Lipinski definition) is 5. The molecule has 0 spiro atoms. The molecule has 1 atom stereocenters. The number of nitrogens with one attached hydrogen (secondary N) is 1. The maximum Gasteiger partial charge on any atom is 0.304 e. The summed E-state index contributed by atoms with van der Waals surface area (Å²) in [4.78, 5) is 24.5. The number of nitro benzene ring substituents is 1. The van der Waals surface area contributed by atoms with Crippen LogP contribution in [0, 0.1) is 10.1 Å². The SMILES string of the molecule is CN1CCC(NC(=O)c2cccc(N)c2[N+](=O)[O-])C1. The number of hydrogen-bond donors (Lipinski definition) is 2. The zero-order chi connectivity index (χ0) is 14.0. The number of nitrogen functional groups attached to an aromatic ring is 1. The summed E-state index contributed by atoms with van der Waals surface area (Å²) in [5, 5.41) is 13.8. The van der Waals surface area contributed by atoms with E-state index in [1.807, 2.05) is 7.05 Å². The summed E-state index contributed by atoms with van der Waals surface area (Å²) in [5.74, 6) is -0.445. The Morgan fingerprint density at radius 1 is 1.58 bits per heavy atom. The molecule has 1 aliphatic heterocycles. The van der Waals surface area contributed by atoms with Crippen LogP contribution >= 0.6 is 0 Å². The van der Waals surface area contributed by atoms with E-state index in [2.05, 4.69) is 10.2 Å². The summed E-state index contributed by atoms with van der Waals surface area (Å²) in [6.45, 7) is 1.66. The molecule has 0 aromatic heterocycles. The Kier molecular flexibility index (Phi) is 3.66. The quantitative estimate of drug-likeness (QED) is 0.473. The summed E-state index contributed by atoms with van der Waals surface area (Å²) >= 11 is 0.